The van der Waals surface area contributed by atoms with E-state index in [1.807, 2.05) is 18.2 Å². The molecule has 3 nitrogen and oxygen atoms in total. The summed E-state index contributed by atoms with van der Waals surface area (Å²) in [6.07, 6.45) is 3.69. The maximum Gasteiger partial charge on any atom is 0.178 e. The van der Waals surface area contributed by atoms with Crippen molar-refractivity contribution in [2.24, 2.45) is 0 Å². The zero-order valence-corrected chi connectivity index (χ0v) is 16.1. The fraction of sp³-hybridized carbons (Fsp3) is 0.400. The summed E-state index contributed by atoms with van der Waals surface area (Å²) >= 11 is 6.27. The topological polar surface area (TPSA) is 37.4 Å². The number of likely N-dealkylation sites (tertiary alicyclic amines) is 1. The summed E-state index contributed by atoms with van der Waals surface area (Å²) in [4.78, 5) is 2.55. The van der Waals surface area contributed by atoms with Gasteiger partial charge < -0.3 is 4.90 Å². The van der Waals surface area contributed by atoms with E-state index in [1.54, 1.807) is 0 Å². The van der Waals surface area contributed by atoms with Crippen LogP contribution in [-0.4, -0.2) is 38.2 Å². The lowest BCUT2D eigenvalue weighted by molar-refractivity contribution is 0.253. The Hall–Kier alpha value is -1.43. The molecule has 1 aliphatic rings. The Morgan fingerprint density at radius 1 is 1.12 bits per heavy atom. The Labute approximate surface area is 159 Å². The zero-order valence-electron chi connectivity index (χ0n) is 14.6. The third kappa shape index (κ3) is 4.84. The van der Waals surface area contributed by atoms with Crippen molar-refractivity contribution in [2.75, 3.05) is 18.8 Å². The fourth-order valence-electron chi connectivity index (χ4n) is 3.56. The fourth-order valence-corrected chi connectivity index (χ4v) is 5.06. The van der Waals surface area contributed by atoms with E-state index in [-0.39, 0.29) is 10.6 Å². The SMILES string of the molecule is O=S(=O)(CCCN1CCCC1Cc1ccccc1Cl)c1ccc(F)cc1. The Balaban J connectivity index is 1.55. The first-order valence-corrected chi connectivity index (χ1v) is 10.9. The third-order valence-corrected chi connectivity index (χ3v) is 7.13. The van der Waals surface area contributed by atoms with Crippen LogP contribution in [0.25, 0.3) is 0 Å². The van der Waals surface area contributed by atoms with E-state index in [0.717, 1.165) is 42.9 Å². The van der Waals surface area contributed by atoms with Crippen LogP contribution in [0.2, 0.25) is 5.02 Å². The van der Waals surface area contributed by atoms with Crippen molar-refractivity contribution in [2.45, 2.75) is 36.6 Å². The maximum atomic E-state index is 13.0. The Bertz CT molecular complexity index is 839. The molecule has 0 aromatic heterocycles. The highest BCUT2D eigenvalue weighted by Gasteiger charge is 2.25. The molecule has 0 aliphatic carbocycles. The van der Waals surface area contributed by atoms with Crippen LogP contribution >= 0.6 is 11.6 Å². The van der Waals surface area contributed by atoms with Gasteiger partial charge in [-0.15, -0.1) is 0 Å². The van der Waals surface area contributed by atoms with E-state index in [4.69, 9.17) is 11.6 Å². The Kier molecular flexibility index (Phi) is 6.33. The largest absolute Gasteiger partial charge is 0.300 e. The van der Waals surface area contributed by atoms with Gasteiger partial charge in [-0.3, -0.25) is 0 Å². The van der Waals surface area contributed by atoms with Crippen molar-refractivity contribution < 1.29 is 12.8 Å². The van der Waals surface area contributed by atoms with Gasteiger partial charge in [0.05, 0.1) is 10.6 Å². The second kappa shape index (κ2) is 8.51. The van der Waals surface area contributed by atoms with Crippen LogP contribution in [0, 0.1) is 5.82 Å². The monoisotopic (exact) mass is 395 g/mol. The minimum atomic E-state index is -3.37. The van der Waals surface area contributed by atoms with Gasteiger partial charge in [-0.1, -0.05) is 29.8 Å². The molecule has 0 saturated carbocycles. The highest BCUT2D eigenvalue weighted by molar-refractivity contribution is 7.91. The molecule has 0 bridgehead atoms. The molecule has 0 amide bonds. The van der Waals surface area contributed by atoms with Crippen molar-refractivity contribution in [3.8, 4) is 0 Å². The van der Waals surface area contributed by atoms with Crippen LogP contribution in [-0.2, 0) is 16.3 Å². The molecule has 1 aliphatic heterocycles. The number of halogens is 2. The van der Waals surface area contributed by atoms with Crippen molar-refractivity contribution in [3.63, 3.8) is 0 Å². The first-order chi connectivity index (χ1) is 12.5. The number of sulfone groups is 1. The summed E-state index contributed by atoms with van der Waals surface area (Å²) in [6.45, 7) is 1.74. The van der Waals surface area contributed by atoms with E-state index >= 15 is 0 Å². The molecule has 3 rings (SSSR count). The molecule has 0 spiro atoms. The number of rotatable bonds is 7. The first-order valence-electron chi connectivity index (χ1n) is 8.91. The van der Waals surface area contributed by atoms with Crippen LogP contribution in [0.4, 0.5) is 4.39 Å². The van der Waals surface area contributed by atoms with Gasteiger partial charge in [-0.2, -0.15) is 0 Å². The predicted octanol–water partition coefficient (Wildman–Crippen LogP) is 4.35. The van der Waals surface area contributed by atoms with E-state index in [1.165, 1.54) is 24.3 Å². The highest BCUT2D eigenvalue weighted by atomic mass is 35.5. The smallest absolute Gasteiger partial charge is 0.178 e. The maximum absolute atomic E-state index is 13.0. The van der Waals surface area contributed by atoms with E-state index in [2.05, 4.69) is 11.0 Å². The lowest BCUT2D eigenvalue weighted by Gasteiger charge is -2.24. The van der Waals surface area contributed by atoms with E-state index in [9.17, 15) is 12.8 Å². The number of hydrogen-bond donors (Lipinski definition) is 0. The van der Waals surface area contributed by atoms with Gasteiger partial charge in [-0.25, -0.2) is 12.8 Å². The zero-order chi connectivity index (χ0) is 18.6. The van der Waals surface area contributed by atoms with Crippen molar-refractivity contribution in [3.05, 3.63) is 64.9 Å². The van der Waals surface area contributed by atoms with Gasteiger partial charge in [0.1, 0.15) is 5.82 Å². The van der Waals surface area contributed by atoms with Gasteiger partial charge in [-0.05, 0) is 74.7 Å². The minimum absolute atomic E-state index is 0.0773. The summed E-state index contributed by atoms with van der Waals surface area (Å²) in [5, 5.41) is 0.790. The molecule has 6 heteroatoms. The van der Waals surface area contributed by atoms with Crippen molar-refractivity contribution in [1.29, 1.82) is 0 Å². The average molecular weight is 396 g/mol. The first kappa shape index (κ1) is 19.3. The lowest BCUT2D eigenvalue weighted by Crippen LogP contribution is -2.33. The van der Waals surface area contributed by atoms with Gasteiger partial charge >= 0.3 is 0 Å². The van der Waals surface area contributed by atoms with Gasteiger partial charge in [0.25, 0.3) is 0 Å². The normalized spacial score (nSPS) is 18.3. The van der Waals surface area contributed by atoms with Gasteiger partial charge in [0.15, 0.2) is 9.84 Å². The molecule has 2 aromatic rings. The number of hydrogen-bond acceptors (Lipinski definition) is 3. The van der Waals surface area contributed by atoms with Crippen LogP contribution < -0.4 is 0 Å². The highest BCUT2D eigenvalue weighted by Crippen LogP contribution is 2.25. The van der Waals surface area contributed by atoms with Gasteiger partial charge in [0.2, 0.25) is 0 Å². The molecular weight excluding hydrogens is 373 g/mol. The number of benzene rings is 2. The van der Waals surface area contributed by atoms with Crippen molar-refractivity contribution >= 4 is 21.4 Å². The second-order valence-corrected chi connectivity index (χ2v) is 9.27. The Morgan fingerprint density at radius 2 is 1.85 bits per heavy atom. The molecule has 2 aromatic carbocycles. The standard InChI is InChI=1S/C20H23ClFNO2S/c21-20-7-2-1-5-16(20)15-18-6-3-12-23(18)13-4-14-26(24,25)19-10-8-17(22)9-11-19/h1-2,5,7-11,18H,3-4,6,12-15H2. The average Bonchev–Trinajstić information content (AvgIpc) is 3.04. The van der Waals surface area contributed by atoms with E-state index in [0.29, 0.717) is 12.5 Å². The van der Waals surface area contributed by atoms with Crippen molar-refractivity contribution in [1.82, 2.24) is 4.90 Å². The molecule has 0 radical (unpaired) electrons. The second-order valence-electron chi connectivity index (χ2n) is 6.75. The number of nitrogens with zero attached hydrogens (tertiary/aromatic N) is 1. The molecular formula is C20H23ClFNO2S. The summed E-state index contributed by atoms with van der Waals surface area (Å²) in [5.41, 5.74) is 1.14. The lowest BCUT2D eigenvalue weighted by atomic mass is 10.0. The molecule has 1 atom stereocenters. The summed E-state index contributed by atoms with van der Waals surface area (Å²) in [6, 6.07) is 13.3. The quantitative estimate of drug-likeness (QED) is 0.654. The van der Waals surface area contributed by atoms with E-state index < -0.39 is 15.7 Å². The molecule has 140 valence electrons. The molecule has 26 heavy (non-hydrogen) atoms. The van der Waals surface area contributed by atoms with Gasteiger partial charge in [0, 0.05) is 11.1 Å². The Morgan fingerprint density at radius 3 is 2.58 bits per heavy atom. The molecule has 1 saturated heterocycles. The summed E-state index contributed by atoms with van der Waals surface area (Å²) in [7, 11) is -3.37. The third-order valence-electron chi connectivity index (χ3n) is 4.94. The predicted molar refractivity (Wildman–Crippen MR) is 103 cm³/mol. The van der Waals surface area contributed by atoms with Crippen LogP contribution in [0.3, 0.4) is 0 Å². The van der Waals surface area contributed by atoms with Crippen LogP contribution in [0.1, 0.15) is 24.8 Å². The summed E-state index contributed by atoms with van der Waals surface area (Å²) in [5.74, 6) is -0.350. The van der Waals surface area contributed by atoms with Crippen LogP contribution in [0.5, 0.6) is 0 Å². The van der Waals surface area contributed by atoms with Crippen LogP contribution in [0.15, 0.2) is 53.4 Å². The minimum Gasteiger partial charge on any atom is -0.300 e. The molecule has 0 N–H and O–H groups in total. The molecule has 1 fully saturated rings. The summed E-state index contributed by atoms with van der Waals surface area (Å²) < 4.78 is 37.7. The molecule has 1 unspecified atom stereocenters. The molecule has 1 heterocycles.